The molecule has 1 aromatic heterocycles. The van der Waals surface area contributed by atoms with E-state index in [1.807, 2.05) is 0 Å². The van der Waals surface area contributed by atoms with E-state index >= 15 is 0 Å². The lowest BCUT2D eigenvalue weighted by Crippen LogP contribution is -2.35. The number of rotatable bonds is 7. The molecule has 0 spiro atoms. The van der Waals surface area contributed by atoms with Crippen molar-refractivity contribution in [2.75, 3.05) is 20.3 Å². The predicted molar refractivity (Wildman–Crippen MR) is 73.9 cm³/mol. The first-order valence-corrected chi connectivity index (χ1v) is 6.47. The van der Waals surface area contributed by atoms with Crippen molar-refractivity contribution >= 4 is 17.7 Å². The van der Waals surface area contributed by atoms with Crippen molar-refractivity contribution in [1.82, 2.24) is 10.3 Å². The highest BCUT2D eigenvalue weighted by Gasteiger charge is 2.23. The van der Waals surface area contributed by atoms with Crippen LogP contribution in [0, 0.1) is 5.92 Å². The van der Waals surface area contributed by atoms with E-state index in [-0.39, 0.29) is 18.8 Å². The second kappa shape index (κ2) is 7.98. The van der Waals surface area contributed by atoms with E-state index < -0.39 is 23.6 Å². The molecule has 1 aromatic rings. The lowest BCUT2D eigenvalue weighted by atomic mass is 10.1. The molecule has 0 radical (unpaired) electrons. The third kappa shape index (κ3) is 4.87. The highest BCUT2D eigenvalue weighted by atomic mass is 16.5. The van der Waals surface area contributed by atoms with Crippen molar-refractivity contribution in [2.45, 2.75) is 13.8 Å². The fourth-order valence-electron chi connectivity index (χ4n) is 1.45. The van der Waals surface area contributed by atoms with E-state index in [1.165, 1.54) is 26.3 Å². The summed E-state index contributed by atoms with van der Waals surface area (Å²) in [6.45, 7) is 3.05. The van der Waals surface area contributed by atoms with Gasteiger partial charge in [0.25, 0.3) is 5.91 Å². The molecule has 7 heteroatoms. The van der Waals surface area contributed by atoms with E-state index in [1.54, 1.807) is 13.0 Å². The number of ketones is 1. The lowest BCUT2D eigenvalue weighted by molar-refractivity contribution is -0.150. The smallest absolute Gasteiger partial charge is 0.316 e. The summed E-state index contributed by atoms with van der Waals surface area (Å²) in [5.74, 6) is -1.90. The van der Waals surface area contributed by atoms with Crippen LogP contribution in [0.15, 0.2) is 18.3 Å². The number of hydrogen-bond donors (Lipinski definition) is 1. The van der Waals surface area contributed by atoms with Crippen molar-refractivity contribution in [2.24, 2.45) is 5.92 Å². The monoisotopic (exact) mass is 294 g/mol. The van der Waals surface area contributed by atoms with Crippen molar-refractivity contribution < 1.29 is 23.9 Å². The van der Waals surface area contributed by atoms with Crippen molar-refractivity contribution in [3.05, 3.63) is 24.0 Å². The van der Waals surface area contributed by atoms with E-state index in [0.29, 0.717) is 5.75 Å². The van der Waals surface area contributed by atoms with Crippen LogP contribution in [0.1, 0.15) is 24.3 Å². The van der Waals surface area contributed by atoms with E-state index in [4.69, 9.17) is 9.47 Å². The Kier molecular flexibility index (Phi) is 6.32. The number of nitrogens with zero attached hydrogens (tertiary/aromatic N) is 1. The first kappa shape index (κ1) is 16.6. The number of esters is 1. The minimum absolute atomic E-state index is 0.160. The number of pyridine rings is 1. The molecule has 1 unspecified atom stereocenters. The molecule has 114 valence electrons. The number of aromatic nitrogens is 1. The normalized spacial score (nSPS) is 11.4. The van der Waals surface area contributed by atoms with Crippen LogP contribution in [0.2, 0.25) is 0 Å². The summed E-state index contributed by atoms with van der Waals surface area (Å²) in [5.41, 5.74) is 0.160. The molecule has 1 amide bonds. The van der Waals surface area contributed by atoms with Crippen LogP contribution in [0.3, 0.4) is 0 Å². The molecule has 21 heavy (non-hydrogen) atoms. The highest BCUT2D eigenvalue weighted by molar-refractivity contribution is 6.02. The second-order valence-electron chi connectivity index (χ2n) is 4.21. The average molecular weight is 294 g/mol. The molecule has 1 rings (SSSR count). The van der Waals surface area contributed by atoms with Gasteiger partial charge in [-0.15, -0.1) is 0 Å². The summed E-state index contributed by atoms with van der Waals surface area (Å²) in [5, 5.41) is 2.41. The van der Waals surface area contributed by atoms with Crippen LogP contribution in [0.4, 0.5) is 0 Å². The van der Waals surface area contributed by atoms with Gasteiger partial charge >= 0.3 is 5.97 Å². The fourth-order valence-corrected chi connectivity index (χ4v) is 1.45. The van der Waals surface area contributed by atoms with E-state index in [0.717, 1.165) is 0 Å². The molecule has 7 nitrogen and oxygen atoms in total. The second-order valence-corrected chi connectivity index (χ2v) is 4.21. The molecule has 1 heterocycles. The minimum atomic E-state index is -0.908. The zero-order valence-electron chi connectivity index (χ0n) is 12.2. The molecular weight excluding hydrogens is 276 g/mol. The number of Topliss-reactive ketones (excluding diaryl/α,β-unsaturated/α-hetero) is 1. The molecule has 0 saturated carbocycles. The van der Waals surface area contributed by atoms with Gasteiger partial charge in [0.1, 0.15) is 17.4 Å². The summed E-state index contributed by atoms with van der Waals surface area (Å²) in [7, 11) is 1.49. The molecule has 0 aliphatic carbocycles. The number of carbonyl (C=O) groups excluding carboxylic acids is 3. The Morgan fingerprint density at radius 3 is 2.57 bits per heavy atom. The topological polar surface area (TPSA) is 94.6 Å². The van der Waals surface area contributed by atoms with Gasteiger partial charge in [0.15, 0.2) is 5.78 Å². The van der Waals surface area contributed by atoms with Gasteiger partial charge in [-0.3, -0.25) is 14.4 Å². The Balaban J connectivity index is 2.51. The van der Waals surface area contributed by atoms with Crippen LogP contribution < -0.4 is 10.1 Å². The van der Waals surface area contributed by atoms with Gasteiger partial charge in [-0.2, -0.15) is 0 Å². The summed E-state index contributed by atoms with van der Waals surface area (Å²) in [6.07, 6.45) is 1.40. The van der Waals surface area contributed by atoms with Crippen LogP contribution in [0.25, 0.3) is 0 Å². The van der Waals surface area contributed by atoms with Gasteiger partial charge in [0.2, 0.25) is 0 Å². The van der Waals surface area contributed by atoms with Gasteiger partial charge in [-0.05, 0) is 26.0 Å². The van der Waals surface area contributed by atoms with Gasteiger partial charge in [-0.1, -0.05) is 0 Å². The number of nitrogens with one attached hydrogen (secondary N) is 1. The Morgan fingerprint density at radius 1 is 1.33 bits per heavy atom. The van der Waals surface area contributed by atoms with Crippen molar-refractivity contribution in [3.8, 4) is 5.75 Å². The van der Waals surface area contributed by atoms with Gasteiger partial charge < -0.3 is 14.8 Å². The number of hydrogen-bond acceptors (Lipinski definition) is 6. The summed E-state index contributed by atoms with van der Waals surface area (Å²) >= 11 is 0. The zero-order chi connectivity index (χ0) is 15.8. The molecule has 0 bridgehead atoms. The summed E-state index contributed by atoms with van der Waals surface area (Å²) < 4.78 is 9.67. The third-order valence-corrected chi connectivity index (χ3v) is 2.75. The van der Waals surface area contributed by atoms with E-state index in [9.17, 15) is 14.4 Å². The van der Waals surface area contributed by atoms with Gasteiger partial charge in [0, 0.05) is 0 Å². The van der Waals surface area contributed by atoms with Crippen LogP contribution in [-0.2, 0) is 14.3 Å². The highest BCUT2D eigenvalue weighted by Crippen LogP contribution is 2.07. The Bertz CT molecular complexity index is 513. The third-order valence-electron chi connectivity index (χ3n) is 2.75. The van der Waals surface area contributed by atoms with Crippen LogP contribution in [-0.4, -0.2) is 42.9 Å². The molecule has 0 aliphatic heterocycles. The predicted octanol–water partition coefficient (Wildman–Crippen LogP) is 0.588. The Labute approximate surface area is 122 Å². The van der Waals surface area contributed by atoms with Crippen LogP contribution >= 0.6 is 0 Å². The maximum atomic E-state index is 11.8. The van der Waals surface area contributed by atoms with E-state index in [2.05, 4.69) is 10.3 Å². The maximum Gasteiger partial charge on any atom is 0.316 e. The van der Waals surface area contributed by atoms with Gasteiger partial charge in [0.05, 0.1) is 26.5 Å². The van der Waals surface area contributed by atoms with Crippen molar-refractivity contribution in [3.63, 3.8) is 0 Å². The summed E-state index contributed by atoms with van der Waals surface area (Å²) in [4.78, 5) is 38.8. The Hall–Kier alpha value is -2.44. The molecule has 0 aliphatic rings. The molecular formula is C14H18N2O5. The first-order valence-electron chi connectivity index (χ1n) is 6.47. The fraction of sp³-hybridized carbons (Fsp3) is 0.429. The van der Waals surface area contributed by atoms with Crippen LogP contribution in [0.5, 0.6) is 5.75 Å². The quantitative estimate of drug-likeness (QED) is 0.584. The molecule has 0 aromatic carbocycles. The van der Waals surface area contributed by atoms with Gasteiger partial charge in [-0.25, -0.2) is 4.98 Å². The first-order chi connectivity index (χ1) is 9.99. The number of carbonyl (C=O) groups is 3. The maximum absolute atomic E-state index is 11.8. The average Bonchev–Trinajstić information content (AvgIpc) is 2.51. The summed E-state index contributed by atoms with van der Waals surface area (Å²) in [6, 6.07) is 3.07. The molecule has 1 N–H and O–H groups in total. The van der Waals surface area contributed by atoms with Crippen molar-refractivity contribution in [1.29, 1.82) is 0 Å². The molecule has 1 atom stereocenters. The zero-order valence-corrected chi connectivity index (χ0v) is 12.2. The Morgan fingerprint density at radius 2 is 2.05 bits per heavy atom. The standard InChI is InChI=1S/C14H18N2O5/c1-4-21-14(19)9(2)12(17)8-16-13(18)11-6-5-10(20-3)7-15-11/h5-7,9H,4,8H2,1-3H3,(H,16,18). The minimum Gasteiger partial charge on any atom is -0.495 e. The number of ether oxygens (including phenoxy) is 2. The molecule has 0 saturated heterocycles. The number of amides is 1. The SMILES string of the molecule is CCOC(=O)C(C)C(=O)CNC(=O)c1ccc(OC)cn1. The lowest BCUT2D eigenvalue weighted by Gasteiger charge is -2.10. The molecule has 0 fully saturated rings. The largest absolute Gasteiger partial charge is 0.495 e. The number of methoxy groups -OCH3 is 1.